The van der Waals surface area contributed by atoms with Crippen molar-refractivity contribution in [1.29, 1.82) is 0 Å². The Morgan fingerprint density at radius 2 is 1.62 bits per heavy atom. The largest absolute Gasteiger partial charge is 0.481 e. The summed E-state index contributed by atoms with van der Waals surface area (Å²) in [7, 11) is 0. The summed E-state index contributed by atoms with van der Waals surface area (Å²) in [5.41, 5.74) is 2.56. The first-order chi connectivity index (χ1) is 13.3. The monoisotopic (exact) mass is 420 g/mol. The number of carboxylic acids is 3. The summed E-state index contributed by atoms with van der Waals surface area (Å²) in [5, 5.41) is 64.8. The molecule has 0 aromatic heterocycles. The number of aliphatic carboxylic acids is 3. The molecule has 1 heterocycles. The van der Waals surface area contributed by atoms with Crippen LogP contribution < -0.4 is 5.32 Å². The molecule has 0 aliphatic carbocycles. The molecule has 0 radical (unpaired) electrons. The van der Waals surface area contributed by atoms with E-state index in [0.29, 0.717) is 0 Å². The van der Waals surface area contributed by atoms with Crippen LogP contribution in [0.25, 0.3) is 10.4 Å². The highest BCUT2D eigenvalue weighted by atomic mass is 16.6. The van der Waals surface area contributed by atoms with Gasteiger partial charge in [-0.05, 0) is 5.53 Å². The Morgan fingerprint density at radius 3 is 2.03 bits per heavy atom. The Bertz CT molecular complexity index is 739. The van der Waals surface area contributed by atoms with Crippen molar-refractivity contribution in [2.75, 3.05) is 0 Å². The van der Waals surface area contributed by atoms with Gasteiger partial charge in [0.15, 0.2) is 6.23 Å². The summed E-state index contributed by atoms with van der Waals surface area (Å²) < 4.78 is 5.18. The molecule has 1 unspecified atom stereocenters. The zero-order valence-corrected chi connectivity index (χ0v) is 15.0. The van der Waals surface area contributed by atoms with Gasteiger partial charge in [-0.25, -0.2) is 0 Å². The summed E-state index contributed by atoms with van der Waals surface area (Å²) >= 11 is 0. The molecule has 6 atom stereocenters. The summed E-state index contributed by atoms with van der Waals surface area (Å²) in [5.74, 6) is -6.00. The summed E-state index contributed by atoms with van der Waals surface area (Å²) in [4.78, 5) is 47.6. The second kappa shape index (κ2) is 9.02. The van der Waals surface area contributed by atoms with Gasteiger partial charge < -0.3 is 40.7 Å². The van der Waals surface area contributed by atoms with E-state index in [1.54, 1.807) is 0 Å². The zero-order chi connectivity index (χ0) is 22.6. The van der Waals surface area contributed by atoms with E-state index < -0.39 is 78.8 Å². The first kappa shape index (κ1) is 24.1. The van der Waals surface area contributed by atoms with Crippen molar-refractivity contribution < 1.29 is 54.6 Å². The molecule has 0 aromatic carbocycles. The lowest BCUT2D eigenvalue weighted by molar-refractivity contribution is -0.304. The molecule has 1 fully saturated rings. The number of hydrogen-bond acceptors (Lipinski definition) is 9. The normalized spacial score (nSPS) is 32.5. The number of carbonyl (C=O) groups is 4. The molecule has 1 aliphatic heterocycles. The smallest absolute Gasteiger partial charge is 0.306 e. The van der Waals surface area contributed by atoms with Crippen molar-refractivity contribution in [1.82, 2.24) is 5.32 Å². The van der Waals surface area contributed by atoms with Crippen molar-refractivity contribution in [2.24, 2.45) is 5.11 Å². The van der Waals surface area contributed by atoms with Gasteiger partial charge in [-0.1, -0.05) is 5.11 Å². The maximum Gasteiger partial charge on any atom is 0.306 e. The molecular formula is C14H20N4O11. The molecule has 15 nitrogen and oxygen atoms in total. The molecule has 1 rings (SSSR count). The number of hydrogen-bond donors (Lipinski definition) is 7. The van der Waals surface area contributed by atoms with Crippen LogP contribution in [0.4, 0.5) is 0 Å². The highest BCUT2D eigenvalue weighted by molar-refractivity contribution is 5.75. The maximum absolute atomic E-state index is 11.5. The second-order valence-electron chi connectivity index (χ2n) is 6.49. The van der Waals surface area contributed by atoms with Crippen molar-refractivity contribution >= 4 is 23.8 Å². The van der Waals surface area contributed by atoms with Gasteiger partial charge in [0.25, 0.3) is 0 Å². The van der Waals surface area contributed by atoms with Crippen LogP contribution in [0.1, 0.15) is 26.2 Å². The highest BCUT2D eigenvalue weighted by Gasteiger charge is 2.67. The van der Waals surface area contributed by atoms with Crippen LogP contribution in [0.3, 0.4) is 0 Å². The number of carboxylic acid groups (broad SMARTS) is 3. The zero-order valence-electron chi connectivity index (χ0n) is 15.0. The number of ether oxygens (including phenoxy) is 1. The van der Waals surface area contributed by atoms with Gasteiger partial charge >= 0.3 is 17.9 Å². The summed E-state index contributed by atoms with van der Waals surface area (Å²) in [6.45, 7) is 0.940. The quantitative estimate of drug-likeness (QED) is 0.119. The fourth-order valence-corrected chi connectivity index (χ4v) is 3.32. The molecule has 15 heteroatoms. The van der Waals surface area contributed by atoms with Gasteiger partial charge in [-0.15, -0.1) is 0 Å². The maximum atomic E-state index is 11.5. The molecule has 1 amide bonds. The lowest BCUT2D eigenvalue weighted by Gasteiger charge is -2.56. The lowest BCUT2D eigenvalue weighted by atomic mass is 9.66. The van der Waals surface area contributed by atoms with E-state index in [0.717, 1.165) is 6.92 Å². The van der Waals surface area contributed by atoms with Crippen molar-refractivity contribution in [3.8, 4) is 0 Å². The van der Waals surface area contributed by atoms with E-state index >= 15 is 0 Å². The average molecular weight is 420 g/mol. The number of azide groups is 1. The fourth-order valence-electron chi connectivity index (χ4n) is 3.32. The van der Waals surface area contributed by atoms with Gasteiger partial charge in [0, 0.05) is 11.8 Å². The van der Waals surface area contributed by atoms with E-state index in [-0.39, 0.29) is 0 Å². The number of nitrogens with one attached hydrogen (secondary N) is 1. The van der Waals surface area contributed by atoms with Crippen LogP contribution in [0, 0.1) is 0 Å². The number of carbonyl (C=O) groups excluding carboxylic acids is 1. The third-order valence-corrected chi connectivity index (χ3v) is 4.40. The minimum absolute atomic E-state index is 0.886. The summed E-state index contributed by atoms with van der Waals surface area (Å²) in [6, 6.07) is -1.95. The topological polar surface area (TPSA) is 260 Å². The molecule has 0 spiro atoms. The molecule has 0 aromatic rings. The Balaban J connectivity index is 3.73. The lowest BCUT2D eigenvalue weighted by Crippen LogP contribution is -2.79. The van der Waals surface area contributed by atoms with E-state index in [1.165, 1.54) is 0 Å². The first-order valence-electron chi connectivity index (χ1n) is 8.03. The SMILES string of the molecule is CC(=O)N[C@H]1[C@H](N=[N+]=[N-])O[C@H](C(O)CC(=O)O)[C@](O)(CC(=O)O)[C@@]1(O)CC(=O)O. The van der Waals surface area contributed by atoms with Crippen LogP contribution in [0.15, 0.2) is 5.11 Å². The highest BCUT2D eigenvalue weighted by Crippen LogP contribution is 2.44. The van der Waals surface area contributed by atoms with E-state index in [1.807, 2.05) is 5.32 Å². The molecular weight excluding hydrogens is 400 g/mol. The standard InChI is InChI=1S/C14H20N4O11/c1-5(19)16-10-12(17-18-15)29-11(6(20)2-7(21)22)14(28,4-9(25)26)13(10,27)3-8(23)24/h6,10-12,20,27-28H,2-4H2,1H3,(H,16,19)(H,21,22)(H,23,24)(H,25,26)/t6?,10-,11+,12+,13+,14+/m0/s1. The van der Waals surface area contributed by atoms with Gasteiger partial charge in [0.05, 0.1) is 31.4 Å². The minimum atomic E-state index is -3.11. The molecule has 1 saturated heterocycles. The average Bonchev–Trinajstić information content (AvgIpc) is 2.52. The van der Waals surface area contributed by atoms with E-state index in [9.17, 15) is 44.7 Å². The van der Waals surface area contributed by atoms with Gasteiger partial charge in [0.2, 0.25) is 5.91 Å². The predicted octanol–water partition coefficient (Wildman–Crippen LogP) is -2.23. The van der Waals surface area contributed by atoms with Crippen LogP contribution in [-0.4, -0.2) is 90.1 Å². The third kappa shape index (κ3) is 5.10. The van der Waals surface area contributed by atoms with Gasteiger partial charge in [-0.3, -0.25) is 19.2 Å². The van der Waals surface area contributed by atoms with Gasteiger partial charge in [0.1, 0.15) is 17.3 Å². The van der Waals surface area contributed by atoms with Crippen LogP contribution in [0.2, 0.25) is 0 Å². The Morgan fingerprint density at radius 1 is 1.10 bits per heavy atom. The molecule has 29 heavy (non-hydrogen) atoms. The van der Waals surface area contributed by atoms with Crippen molar-refractivity contribution in [3.05, 3.63) is 10.4 Å². The molecule has 1 aliphatic rings. The summed E-state index contributed by atoms with van der Waals surface area (Å²) in [6.07, 6.45) is -10.2. The number of aliphatic hydroxyl groups excluding tert-OH is 1. The van der Waals surface area contributed by atoms with E-state index in [2.05, 4.69) is 10.0 Å². The number of nitrogens with zero attached hydrogens (tertiary/aromatic N) is 3. The Hall–Kier alpha value is -2.97. The van der Waals surface area contributed by atoms with E-state index in [4.69, 9.17) is 15.4 Å². The van der Waals surface area contributed by atoms with Gasteiger partial charge in [-0.2, -0.15) is 0 Å². The second-order valence-corrected chi connectivity index (χ2v) is 6.49. The number of amides is 1. The third-order valence-electron chi connectivity index (χ3n) is 4.40. The molecule has 162 valence electrons. The van der Waals surface area contributed by atoms with Crippen LogP contribution in [0.5, 0.6) is 0 Å². The Kier molecular flexibility index (Phi) is 7.49. The van der Waals surface area contributed by atoms with Crippen LogP contribution in [-0.2, 0) is 23.9 Å². The molecule has 0 bridgehead atoms. The first-order valence-corrected chi connectivity index (χ1v) is 8.03. The Labute approximate surface area is 162 Å². The minimum Gasteiger partial charge on any atom is -0.481 e. The molecule has 7 N–H and O–H groups in total. The molecule has 0 saturated carbocycles. The number of aliphatic hydroxyl groups is 3. The fraction of sp³-hybridized carbons (Fsp3) is 0.714. The van der Waals surface area contributed by atoms with Crippen molar-refractivity contribution in [3.63, 3.8) is 0 Å². The number of rotatable bonds is 9. The van der Waals surface area contributed by atoms with Crippen LogP contribution >= 0.6 is 0 Å². The van der Waals surface area contributed by atoms with Crippen molar-refractivity contribution in [2.45, 2.75) is 61.9 Å². The predicted molar refractivity (Wildman–Crippen MR) is 88.1 cm³/mol.